The number of hydrogen-bond acceptors (Lipinski definition) is 5. The standard InChI is InChI=1S/C16H17ClN2O4/c1-22-14-8-13(23-18-14)15(20)19-6-5-16(21,10-19)9-11-3-2-4-12(17)7-11/h2-4,7-8,21H,5-6,9-10H2,1H3. The third-order valence-electron chi connectivity index (χ3n) is 3.95. The van der Waals surface area contributed by atoms with Crippen LogP contribution in [0, 0.1) is 0 Å². The van der Waals surface area contributed by atoms with Crippen molar-refractivity contribution in [2.45, 2.75) is 18.4 Å². The highest BCUT2D eigenvalue weighted by molar-refractivity contribution is 6.30. The van der Waals surface area contributed by atoms with Crippen LogP contribution >= 0.6 is 11.6 Å². The van der Waals surface area contributed by atoms with Crippen molar-refractivity contribution in [1.82, 2.24) is 10.1 Å². The Hall–Kier alpha value is -2.05. The summed E-state index contributed by atoms with van der Waals surface area (Å²) >= 11 is 5.97. The van der Waals surface area contributed by atoms with Gasteiger partial charge in [-0.1, -0.05) is 23.7 Å². The molecule has 122 valence electrons. The molecule has 0 radical (unpaired) electrons. The van der Waals surface area contributed by atoms with Crippen molar-refractivity contribution in [1.29, 1.82) is 0 Å². The average molecular weight is 337 g/mol. The van der Waals surface area contributed by atoms with Crippen LogP contribution in [0.15, 0.2) is 34.9 Å². The van der Waals surface area contributed by atoms with E-state index in [1.807, 2.05) is 18.2 Å². The molecule has 23 heavy (non-hydrogen) atoms. The summed E-state index contributed by atoms with van der Waals surface area (Å²) in [5.74, 6) is 0.0541. The number of carbonyl (C=O) groups is 1. The molecule has 1 aliphatic rings. The van der Waals surface area contributed by atoms with Crippen molar-refractivity contribution in [2.75, 3.05) is 20.2 Å². The summed E-state index contributed by atoms with van der Waals surface area (Å²) < 4.78 is 9.87. The molecule has 7 heteroatoms. The highest BCUT2D eigenvalue weighted by Gasteiger charge is 2.39. The molecule has 1 unspecified atom stereocenters. The van der Waals surface area contributed by atoms with Gasteiger partial charge in [-0.05, 0) is 29.3 Å². The van der Waals surface area contributed by atoms with Gasteiger partial charge in [0.1, 0.15) is 0 Å². The van der Waals surface area contributed by atoms with E-state index in [4.69, 9.17) is 20.9 Å². The van der Waals surface area contributed by atoms with Crippen molar-refractivity contribution in [2.24, 2.45) is 0 Å². The average Bonchev–Trinajstić information content (AvgIpc) is 3.13. The molecule has 1 atom stereocenters. The molecular formula is C16H17ClN2O4. The fraction of sp³-hybridized carbons (Fsp3) is 0.375. The maximum Gasteiger partial charge on any atom is 0.292 e. The number of aromatic nitrogens is 1. The Morgan fingerprint density at radius 3 is 3.04 bits per heavy atom. The molecule has 0 bridgehead atoms. The third-order valence-corrected chi connectivity index (χ3v) is 4.19. The molecule has 1 aliphatic heterocycles. The zero-order valence-electron chi connectivity index (χ0n) is 12.7. The predicted molar refractivity (Wildman–Crippen MR) is 83.7 cm³/mol. The number of amides is 1. The highest BCUT2D eigenvalue weighted by atomic mass is 35.5. The number of likely N-dealkylation sites (tertiary alicyclic amines) is 1. The van der Waals surface area contributed by atoms with Gasteiger partial charge in [0.2, 0.25) is 5.76 Å². The fourth-order valence-electron chi connectivity index (χ4n) is 2.81. The quantitative estimate of drug-likeness (QED) is 0.926. The summed E-state index contributed by atoms with van der Waals surface area (Å²) in [6.45, 7) is 0.695. The number of carbonyl (C=O) groups excluding carboxylic acids is 1. The summed E-state index contributed by atoms with van der Waals surface area (Å²) in [6, 6.07) is 8.81. The molecular weight excluding hydrogens is 320 g/mol. The van der Waals surface area contributed by atoms with Crippen LogP contribution < -0.4 is 4.74 Å². The fourth-order valence-corrected chi connectivity index (χ4v) is 3.03. The Morgan fingerprint density at radius 2 is 2.35 bits per heavy atom. The highest BCUT2D eigenvalue weighted by Crippen LogP contribution is 2.28. The first kappa shape index (κ1) is 15.8. The summed E-state index contributed by atoms with van der Waals surface area (Å²) in [6.07, 6.45) is 0.938. The first-order valence-electron chi connectivity index (χ1n) is 7.26. The largest absolute Gasteiger partial charge is 0.479 e. The van der Waals surface area contributed by atoms with Gasteiger partial charge >= 0.3 is 0 Å². The molecule has 2 heterocycles. The van der Waals surface area contributed by atoms with E-state index in [0.29, 0.717) is 24.4 Å². The SMILES string of the molecule is COc1cc(C(=O)N2CCC(O)(Cc3cccc(Cl)c3)C2)on1. The van der Waals surface area contributed by atoms with Crippen molar-refractivity contribution >= 4 is 17.5 Å². The van der Waals surface area contributed by atoms with E-state index >= 15 is 0 Å². The van der Waals surface area contributed by atoms with Gasteiger partial charge in [0.25, 0.3) is 11.8 Å². The lowest BCUT2D eigenvalue weighted by Gasteiger charge is -2.23. The smallest absolute Gasteiger partial charge is 0.292 e. The molecule has 1 saturated heterocycles. The van der Waals surface area contributed by atoms with Crippen LogP contribution in [-0.2, 0) is 6.42 Å². The molecule has 1 aromatic heterocycles. The van der Waals surface area contributed by atoms with Crippen LogP contribution in [-0.4, -0.2) is 46.9 Å². The normalized spacial score (nSPS) is 20.7. The van der Waals surface area contributed by atoms with Crippen molar-refractivity contribution in [3.8, 4) is 5.88 Å². The number of rotatable bonds is 4. The van der Waals surface area contributed by atoms with Crippen molar-refractivity contribution in [3.63, 3.8) is 0 Å². The predicted octanol–water partition coefficient (Wildman–Crippen LogP) is 2.16. The molecule has 0 spiro atoms. The van der Waals surface area contributed by atoms with E-state index in [9.17, 15) is 9.90 Å². The van der Waals surface area contributed by atoms with Gasteiger partial charge in [-0.15, -0.1) is 0 Å². The van der Waals surface area contributed by atoms with Crippen LogP contribution in [0.5, 0.6) is 5.88 Å². The van der Waals surface area contributed by atoms with Crippen LogP contribution in [0.25, 0.3) is 0 Å². The zero-order valence-corrected chi connectivity index (χ0v) is 13.4. The second kappa shape index (κ2) is 6.22. The summed E-state index contributed by atoms with van der Waals surface area (Å²) in [4.78, 5) is 13.9. The van der Waals surface area contributed by atoms with Crippen molar-refractivity contribution in [3.05, 3.63) is 46.7 Å². The number of halogens is 1. The maximum atomic E-state index is 12.4. The molecule has 3 rings (SSSR count). The summed E-state index contributed by atoms with van der Waals surface area (Å²) in [5, 5.41) is 15.0. The number of nitrogens with zero attached hydrogens (tertiary/aromatic N) is 2. The lowest BCUT2D eigenvalue weighted by molar-refractivity contribution is 0.0431. The molecule has 0 saturated carbocycles. The molecule has 2 aromatic rings. The lowest BCUT2D eigenvalue weighted by Crippen LogP contribution is -2.37. The molecule has 0 aliphatic carbocycles. The van der Waals surface area contributed by atoms with Gasteiger partial charge in [0.05, 0.1) is 25.3 Å². The molecule has 1 fully saturated rings. The lowest BCUT2D eigenvalue weighted by atomic mass is 9.94. The van der Waals surface area contributed by atoms with Crippen LogP contribution in [0.1, 0.15) is 22.5 Å². The number of benzene rings is 1. The molecule has 1 aromatic carbocycles. The van der Waals surface area contributed by atoms with Crippen molar-refractivity contribution < 1.29 is 19.2 Å². The monoisotopic (exact) mass is 336 g/mol. The second-order valence-electron chi connectivity index (χ2n) is 5.74. The summed E-state index contributed by atoms with van der Waals surface area (Å²) in [5.41, 5.74) is -0.0274. The molecule has 1 amide bonds. The van der Waals surface area contributed by atoms with E-state index in [0.717, 1.165) is 5.56 Å². The summed E-state index contributed by atoms with van der Waals surface area (Å²) in [7, 11) is 1.45. The first-order valence-corrected chi connectivity index (χ1v) is 7.64. The van der Waals surface area contributed by atoms with Gasteiger partial charge in [0.15, 0.2) is 0 Å². The van der Waals surface area contributed by atoms with E-state index in [2.05, 4.69) is 5.16 Å². The number of hydrogen-bond donors (Lipinski definition) is 1. The van der Waals surface area contributed by atoms with Gasteiger partial charge in [-0.25, -0.2) is 0 Å². The minimum atomic E-state index is -0.968. The minimum absolute atomic E-state index is 0.105. The Labute approximate surface area is 138 Å². The maximum absolute atomic E-state index is 12.4. The number of aliphatic hydroxyl groups is 1. The van der Waals surface area contributed by atoms with Gasteiger partial charge in [-0.3, -0.25) is 4.79 Å². The number of ether oxygens (including phenoxy) is 1. The Morgan fingerprint density at radius 1 is 1.52 bits per heavy atom. The van der Waals surface area contributed by atoms with Gasteiger partial charge in [0, 0.05) is 18.0 Å². The minimum Gasteiger partial charge on any atom is -0.479 e. The molecule has 1 N–H and O–H groups in total. The van der Waals surface area contributed by atoms with E-state index in [-0.39, 0.29) is 24.1 Å². The Kier molecular flexibility index (Phi) is 4.28. The van der Waals surface area contributed by atoms with Crippen LogP contribution in [0.3, 0.4) is 0 Å². The topological polar surface area (TPSA) is 75.8 Å². The second-order valence-corrected chi connectivity index (χ2v) is 6.18. The van der Waals surface area contributed by atoms with Gasteiger partial charge < -0.3 is 19.3 Å². The zero-order chi connectivity index (χ0) is 16.4. The van der Waals surface area contributed by atoms with E-state index in [1.54, 1.807) is 11.0 Å². The number of methoxy groups -OCH3 is 1. The van der Waals surface area contributed by atoms with Crippen LogP contribution in [0.4, 0.5) is 0 Å². The first-order chi connectivity index (χ1) is 11.0. The van der Waals surface area contributed by atoms with E-state index in [1.165, 1.54) is 13.2 Å². The third kappa shape index (κ3) is 3.48. The Bertz CT molecular complexity index is 718. The van der Waals surface area contributed by atoms with Crippen LogP contribution in [0.2, 0.25) is 5.02 Å². The Balaban J connectivity index is 1.68. The molecule has 6 nitrogen and oxygen atoms in total. The van der Waals surface area contributed by atoms with Gasteiger partial charge in [-0.2, -0.15) is 0 Å². The van der Waals surface area contributed by atoms with E-state index < -0.39 is 5.60 Å². The number of β-amino-alcohol motifs (C(OH)–C–C–N with tert-alkyl or cyclic N) is 1.